The van der Waals surface area contributed by atoms with Gasteiger partial charge >= 0.3 is 0 Å². The molecule has 0 bridgehead atoms. The molecule has 0 saturated heterocycles. The van der Waals surface area contributed by atoms with Gasteiger partial charge in [0.2, 0.25) is 5.91 Å². The zero-order chi connectivity index (χ0) is 12.8. The summed E-state index contributed by atoms with van der Waals surface area (Å²) in [4.78, 5) is 11.6. The summed E-state index contributed by atoms with van der Waals surface area (Å²) in [6, 6.07) is 0. The van der Waals surface area contributed by atoms with Crippen molar-refractivity contribution in [2.24, 2.45) is 12.8 Å². The number of hydrogen-bond acceptors (Lipinski definition) is 5. The predicted molar refractivity (Wildman–Crippen MR) is 66.1 cm³/mol. The fourth-order valence-electron chi connectivity index (χ4n) is 1.12. The van der Waals surface area contributed by atoms with E-state index in [2.05, 4.69) is 21.4 Å². The summed E-state index contributed by atoms with van der Waals surface area (Å²) in [5.74, 6) is 2.91. The van der Waals surface area contributed by atoms with E-state index in [0.717, 1.165) is 0 Å². The van der Waals surface area contributed by atoms with Crippen molar-refractivity contribution in [3.8, 4) is 12.3 Å². The number of nitrogens with zero attached hydrogens (tertiary/aromatic N) is 3. The topological polar surface area (TPSA) is 85.8 Å². The molecule has 1 heterocycles. The van der Waals surface area contributed by atoms with Crippen molar-refractivity contribution in [2.45, 2.75) is 23.9 Å². The first-order valence-corrected chi connectivity index (χ1v) is 5.94. The summed E-state index contributed by atoms with van der Waals surface area (Å²) in [5, 5.41) is 10.9. The summed E-state index contributed by atoms with van der Waals surface area (Å²) in [6.45, 7) is 2.34. The molecule has 1 aromatic heterocycles. The fourth-order valence-corrected chi connectivity index (χ4v) is 1.98. The molecule has 1 aromatic rings. The Bertz CT molecular complexity index is 436. The van der Waals surface area contributed by atoms with Crippen LogP contribution in [0.5, 0.6) is 0 Å². The van der Waals surface area contributed by atoms with Gasteiger partial charge < -0.3 is 15.6 Å². The smallest absolute Gasteiger partial charge is 0.234 e. The Hall–Kier alpha value is -1.52. The Kier molecular flexibility index (Phi) is 5.00. The van der Waals surface area contributed by atoms with Gasteiger partial charge in [-0.15, -0.1) is 16.6 Å². The van der Waals surface area contributed by atoms with E-state index in [1.807, 2.05) is 7.05 Å². The monoisotopic (exact) mass is 253 g/mol. The number of carbonyl (C=O) groups excluding carboxylic acids is 1. The molecule has 0 fully saturated rings. The zero-order valence-electron chi connectivity index (χ0n) is 9.80. The molecular formula is C10H15N5OS. The van der Waals surface area contributed by atoms with E-state index in [0.29, 0.717) is 17.5 Å². The molecule has 6 nitrogen and oxygen atoms in total. The summed E-state index contributed by atoms with van der Waals surface area (Å²) in [7, 11) is 1.82. The molecule has 1 atom stereocenters. The van der Waals surface area contributed by atoms with Crippen LogP contribution in [0, 0.1) is 12.3 Å². The van der Waals surface area contributed by atoms with Gasteiger partial charge in [0.05, 0.1) is 18.3 Å². The van der Waals surface area contributed by atoms with Crippen LogP contribution in [0.15, 0.2) is 5.16 Å². The average Bonchev–Trinajstić information content (AvgIpc) is 2.67. The van der Waals surface area contributed by atoms with Crippen LogP contribution in [0.4, 0.5) is 0 Å². The third kappa shape index (κ3) is 3.47. The van der Waals surface area contributed by atoms with Crippen LogP contribution < -0.4 is 11.1 Å². The number of amides is 1. The second-order valence-corrected chi connectivity index (χ2v) is 4.65. The Labute approximate surface area is 104 Å². The molecule has 0 aliphatic rings. The van der Waals surface area contributed by atoms with Crippen molar-refractivity contribution < 1.29 is 4.79 Å². The van der Waals surface area contributed by atoms with E-state index in [9.17, 15) is 4.79 Å². The summed E-state index contributed by atoms with van der Waals surface area (Å²) in [5.41, 5.74) is 5.49. The molecule has 0 aliphatic carbocycles. The number of aromatic nitrogens is 3. The molecule has 3 N–H and O–H groups in total. The van der Waals surface area contributed by atoms with Gasteiger partial charge in [-0.25, -0.2) is 0 Å². The van der Waals surface area contributed by atoms with Crippen LogP contribution in [0.3, 0.4) is 0 Å². The highest BCUT2D eigenvalue weighted by Gasteiger charge is 2.17. The lowest BCUT2D eigenvalue weighted by molar-refractivity contribution is -0.120. The number of terminal acetylenes is 1. The maximum absolute atomic E-state index is 11.6. The molecule has 0 spiro atoms. The van der Waals surface area contributed by atoms with Gasteiger partial charge in [0, 0.05) is 7.05 Å². The minimum Gasteiger partial charge on any atom is -0.344 e. The van der Waals surface area contributed by atoms with Crippen LogP contribution >= 0.6 is 11.8 Å². The number of nitrogens with one attached hydrogen (secondary N) is 1. The number of thioether (sulfide) groups is 1. The van der Waals surface area contributed by atoms with Crippen molar-refractivity contribution in [1.29, 1.82) is 0 Å². The van der Waals surface area contributed by atoms with Gasteiger partial charge in [-0.1, -0.05) is 17.7 Å². The third-order valence-corrected chi connectivity index (χ3v) is 3.26. The van der Waals surface area contributed by atoms with Crippen molar-refractivity contribution in [3.63, 3.8) is 0 Å². The second-order valence-electron chi connectivity index (χ2n) is 3.34. The zero-order valence-corrected chi connectivity index (χ0v) is 10.6. The van der Waals surface area contributed by atoms with E-state index < -0.39 is 0 Å². The Morgan fingerprint density at radius 3 is 2.94 bits per heavy atom. The van der Waals surface area contributed by atoms with E-state index in [-0.39, 0.29) is 17.7 Å². The van der Waals surface area contributed by atoms with E-state index in [1.165, 1.54) is 11.8 Å². The van der Waals surface area contributed by atoms with Crippen LogP contribution in [0.25, 0.3) is 0 Å². The van der Waals surface area contributed by atoms with Gasteiger partial charge in [0.25, 0.3) is 0 Å². The SMILES string of the molecule is C#CCNC(=O)C(C)Sc1nnc(CN)n1C. The van der Waals surface area contributed by atoms with Gasteiger partial charge in [-0.2, -0.15) is 0 Å². The van der Waals surface area contributed by atoms with Crippen LogP contribution in [-0.4, -0.2) is 32.5 Å². The number of nitrogens with two attached hydrogens (primary N) is 1. The number of carbonyl (C=O) groups is 1. The lowest BCUT2D eigenvalue weighted by Gasteiger charge is -2.09. The molecule has 0 radical (unpaired) electrons. The molecule has 0 aromatic carbocycles. The number of hydrogen-bond donors (Lipinski definition) is 2. The van der Waals surface area contributed by atoms with Gasteiger partial charge in [0.1, 0.15) is 5.82 Å². The van der Waals surface area contributed by atoms with Gasteiger partial charge in [-0.3, -0.25) is 4.79 Å². The molecular weight excluding hydrogens is 238 g/mol. The van der Waals surface area contributed by atoms with Crippen LogP contribution in [0.2, 0.25) is 0 Å². The minimum atomic E-state index is -0.281. The molecule has 92 valence electrons. The first-order chi connectivity index (χ1) is 8.10. The second kappa shape index (κ2) is 6.27. The lowest BCUT2D eigenvalue weighted by atomic mass is 10.4. The van der Waals surface area contributed by atoms with E-state index >= 15 is 0 Å². The largest absolute Gasteiger partial charge is 0.344 e. The van der Waals surface area contributed by atoms with Gasteiger partial charge in [0.15, 0.2) is 5.16 Å². The van der Waals surface area contributed by atoms with Crippen molar-refractivity contribution in [3.05, 3.63) is 5.82 Å². The molecule has 1 amide bonds. The lowest BCUT2D eigenvalue weighted by Crippen LogP contribution is -2.31. The molecule has 7 heteroatoms. The van der Waals surface area contributed by atoms with Gasteiger partial charge in [-0.05, 0) is 6.92 Å². The highest BCUT2D eigenvalue weighted by molar-refractivity contribution is 8.00. The minimum absolute atomic E-state index is 0.120. The quantitative estimate of drug-likeness (QED) is 0.546. The first kappa shape index (κ1) is 13.5. The van der Waals surface area contributed by atoms with Crippen LogP contribution in [0.1, 0.15) is 12.7 Å². The molecule has 17 heavy (non-hydrogen) atoms. The standard InChI is InChI=1S/C10H15N5OS/c1-4-5-12-9(16)7(2)17-10-14-13-8(6-11)15(10)3/h1,7H,5-6,11H2,2-3H3,(H,12,16). The maximum Gasteiger partial charge on any atom is 0.234 e. The highest BCUT2D eigenvalue weighted by Crippen LogP contribution is 2.21. The Morgan fingerprint density at radius 1 is 1.71 bits per heavy atom. The van der Waals surface area contributed by atoms with E-state index in [1.54, 1.807) is 11.5 Å². The fraction of sp³-hybridized carbons (Fsp3) is 0.500. The average molecular weight is 253 g/mol. The molecule has 1 rings (SSSR count). The Balaban J connectivity index is 2.61. The molecule has 0 aliphatic heterocycles. The van der Waals surface area contributed by atoms with Crippen LogP contribution in [-0.2, 0) is 18.4 Å². The Morgan fingerprint density at radius 2 is 2.41 bits per heavy atom. The first-order valence-electron chi connectivity index (χ1n) is 5.06. The highest BCUT2D eigenvalue weighted by atomic mass is 32.2. The normalized spacial score (nSPS) is 11.9. The van der Waals surface area contributed by atoms with E-state index in [4.69, 9.17) is 12.2 Å². The van der Waals surface area contributed by atoms with Crippen molar-refractivity contribution in [1.82, 2.24) is 20.1 Å². The van der Waals surface area contributed by atoms with Crippen molar-refractivity contribution >= 4 is 17.7 Å². The summed E-state index contributed by atoms with van der Waals surface area (Å²) >= 11 is 1.32. The molecule has 0 saturated carbocycles. The van der Waals surface area contributed by atoms with Crippen molar-refractivity contribution in [2.75, 3.05) is 6.54 Å². The number of rotatable bonds is 5. The third-order valence-electron chi connectivity index (χ3n) is 2.12. The maximum atomic E-state index is 11.6. The molecule has 1 unspecified atom stereocenters. The summed E-state index contributed by atoms with van der Waals surface area (Å²) in [6.07, 6.45) is 5.06. The predicted octanol–water partition coefficient (Wildman–Crippen LogP) is -0.496. The summed E-state index contributed by atoms with van der Waals surface area (Å²) < 4.78 is 1.77.